The Balaban J connectivity index is 1.94. The molecule has 3 aromatic rings. The quantitative estimate of drug-likeness (QED) is 0.664. The van der Waals surface area contributed by atoms with E-state index in [9.17, 15) is 14.0 Å². The molecule has 6 nitrogen and oxygen atoms in total. The van der Waals surface area contributed by atoms with Crippen LogP contribution in [0.2, 0.25) is 0 Å². The molecule has 32 heavy (non-hydrogen) atoms. The maximum Gasteiger partial charge on any atom is 0.262 e. The first-order valence-corrected chi connectivity index (χ1v) is 10.1. The molecule has 0 fully saturated rings. The van der Waals surface area contributed by atoms with Crippen molar-refractivity contribution in [3.05, 3.63) is 88.7 Å². The highest BCUT2D eigenvalue weighted by molar-refractivity contribution is 6.04. The number of benzene rings is 3. The van der Waals surface area contributed by atoms with Crippen LogP contribution >= 0.6 is 0 Å². The van der Waals surface area contributed by atoms with Crippen molar-refractivity contribution in [2.75, 3.05) is 26.1 Å². The zero-order valence-electron chi connectivity index (χ0n) is 18.0. The van der Waals surface area contributed by atoms with Gasteiger partial charge in [-0.2, -0.15) is 0 Å². The number of methoxy groups -OCH3 is 2. The molecule has 0 saturated heterocycles. The summed E-state index contributed by atoms with van der Waals surface area (Å²) in [6.07, 6.45) is 0. The molecule has 0 aliphatic carbocycles. The minimum atomic E-state index is -0.633. The van der Waals surface area contributed by atoms with Gasteiger partial charge in [0.2, 0.25) is 5.91 Å². The Morgan fingerprint density at radius 2 is 1.69 bits per heavy atom. The molecule has 7 heteroatoms. The third-order valence-electron chi connectivity index (χ3n) is 5.49. The van der Waals surface area contributed by atoms with E-state index in [4.69, 9.17) is 9.47 Å². The molecule has 3 aromatic carbocycles. The zero-order valence-corrected chi connectivity index (χ0v) is 18.0. The van der Waals surface area contributed by atoms with Crippen molar-refractivity contribution in [3.8, 4) is 11.5 Å². The molecule has 1 aliphatic rings. The molecule has 0 radical (unpaired) electrons. The van der Waals surface area contributed by atoms with Gasteiger partial charge >= 0.3 is 0 Å². The molecule has 0 spiro atoms. The highest BCUT2D eigenvalue weighted by atomic mass is 19.1. The molecule has 0 aromatic heterocycles. The first-order valence-electron chi connectivity index (χ1n) is 10.1. The molecule has 4 rings (SSSR count). The van der Waals surface area contributed by atoms with Crippen LogP contribution in [0.4, 0.5) is 10.1 Å². The number of hydrogen-bond donors (Lipinski definition) is 1. The lowest BCUT2D eigenvalue weighted by Gasteiger charge is -2.31. The molecule has 1 heterocycles. The van der Waals surface area contributed by atoms with Crippen LogP contribution in [0.15, 0.2) is 60.7 Å². The normalized spacial score (nSPS) is 15.4. The first-order chi connectivity index (χ1) is 15.4. The van der Waals surface area contributed by atoms with Gasteiger partial charge in [0.25, 0.3) is 5.91 Å². The Hall–Kier alpha value is -3.87. The number of fused-ring (bicyclic) bond motifs is 1. The van der Waals surface area contributed by atoms with Crippen LogP contribution in [0, 0.1) is 12.7 Å². The van der Waals surface area contributed by atoms with Gasteiger partial charge in [-0.05, 0) is 42.8 Å². The van der Waals surface area contributed by atoms with Crippen LogP contribution in [-0.4, -0.2) is 37.5 Å². The summed E-state index contributed by atoms with van der Waals surface area (Å²) in [5.74, 6) is -0.479. The van der Waals surface area contributed by atoms with E-state index in [1.54, 1.807) is 30.3 Å². The van der Waals surface area contributed by atoms with Crippen molar-refractivity contribution in [3.63, 3.8) is 0 Å². The number of carbonyl (C=O) groups is 2. The second kappa shape index (κ2) is 8.70. The van der Waals surface area contributed by atoms with Crippen LogP contribution in [0.3, 0.4) is 0 Å². The minimum Gasteiger partial charge on any atom is -0.496 e. The summed E-state index contributed by atoms with van der Waals surface area (Å²) >= 11 is 0. The topological polar surface area (TPSA) is 67.9 Å². The van der Waals surface area contributed by atoms with Crippen molar-refractivity contribution in [2.24, 2.45) is 0 Å². The van der Waals surface area contributed by atoms with Crippen molar-refractivity contribution in [2.45, 2.75) is 13.0 Å². The van der Waals surface area contributed by atoms with E-state index in [1.807, 2.05) is 25.1 Å². The van der Waals surface area contributed by atoms with E-state index in [0.717, 1.165) is 11.1 Å². The lowest BCUT2D eigenvalue weighted by molar-refractivity contribution is -0.117. The number of amides is 2. The number of aryl methyl sites for hydroxylation is 1. The zero-order chi connectivity index (χ0) is 22.8. The van der Waals surface area contributed by atoms with E-state index in [-0.39, 0.29) is 23.8 Å². The van der Waals surface area contributed by atoms with Crippen LogP contribution in [0.5, 0.6) is 11.5 Å². The molecular weight excluding hydrogens is 411 g/mol. The largest absolute Gasteiger partial charge is 0.496 e. The lowest BCUT2D eigenvalue weighted by Crippen LogP contribution is -2.39. The first kappa shape index (κ1) is 21.4. The summed E-state index contributed by atoms with van der Waals surface area (Å²) in [7, 11) is 2.94. The van der Waals surface area contributed by atoms with Gasteiger partial charge in [-0.25, -0.2) is 4.39 Å². The molecule has 164 valence electrons. The van der Waals surface area contributed by atoms with Crippen LogP contribution in [-0.2, 0) is 4.79 Å². The number of ether oxygens (including phenoxy) is 2. The summed E-state index contributed by atoms with van der Waals surface area (Å²) in [5, 5.41) is 2.88. The molecule has 1 atom stereocenters. The minimum absolute atomic E-state index is 0.199. The van der Waals surface area contributed by atoms with Gasteiger partial charge in [0.15, 0.2) is 0 Å². The maximum absolute atomic E-state index is 13.9. The van der Waals surface area contributed by atoms with E-state index in [2.05, 4.69) is 5.32 Å². The third kappa shape index (κ3) is 3.89. The lowest BCUT2D eigenvalue weighted by atomic mass is 9.94. The summed E-state index contributed by atoms with van der Waals surface area (Å²) < 4.78 is 24.5. The Labute approximate surface area is 185 Å². The van der Waals surface area contributed by atoms with Crippen molar-refractivity contribution in [1.29, 1.82) is 0 Å². The second-order valence-corrected chi connectivity index (χ2v) is 7.56. The number of carbonyl (C=O) groups excluding carboxylic acids is 2. The van der Waals surface area contributed by atoms with E-state index >= 15 is 0 Å². The standard InChI is InChI=1S/C25H23FN2O4/c1-15-7-12-19-18(13-15)24(16-8-10-17(26)11-9-16)28(14-22(29)27-19)25(30)23-20(31-2)5-4-6-21(23)32-3/h4-13,24H,14H2,1-3H3,(H,27,29)/t24-/m0/s1. The Kier molecular flexibility index (Phi) is 5.81. The SMILES string of the molecule is COc1cccc(OC)c1C(=O)N1CC(=O)Nc2ccc(C)cc2[C@@H]1c1ccc(F)cc1. The van der Waals surface area contributed by atoms with E-state index in [0.29, 0.717) is 22.7 Å². The number of nitrogens with one attached hydrogen (secondary N) is 1. The van der Waals surface area contributed by atoms with Gasteiger partial charge in [-0.1, -0.05) is 35.9 Å². The van der Waals surface area contributed by atoms with Crippen LogP contribution in [0.1, 0.15) is 33.1 Å². The van der Waals surface area contributed by atoms with Gasteiger partial charge in [-0.15, -0.1) is 0 Å². The molecule has 0 unspecified atom stereocenters. The fraction of sp³-hybridized carbons (Fsp3) is 0.200. The van der Waals surface area contributed by atoms with Gasteiger partial charge in [0.05, 0.1) is 20.3 Å². The van der Waals surface area contributed by atoms with Crippen molar-refractivity contribution < 1.29 is 23.5 Å². The molecule has 0 saturated carbocycles. The highest BCUT2D eigenvalue weighted by Gasteiger charge is 2.36. The average molecular weight is 434 g/mol. The summed E-state index contributed by atoms with van der Waals surface area (Å²) in [6, 6.07) is 16.0. The highest BCUT2D eigenvalue weighted by Crippen LogP contribution is 2.39. The monoisotopic (exact) mass is 434 g/mol. The predicted octanol–water partition coefficient (Wildman–Crippen LogP) is 4.34. The number of anilines is 1. The van der Waals surface area contributed by atoms with E-state index in [1.165, 1.54) is 31.3 Å². The van der Waals surface area contributed by atoms with Crippen LogP contribution < -0.4 is 14.8 Å². The summed E-state index contributed by atoms with van der Waals surface area (Å²) in [4.78, 5) is 28.2. The molecule has 1 aliphatic heterocycles. The average Bonchev–Trinajstić information content (AvgIpc) is 2.94. The van der Waals surface area contributed by atoms with Crippen LogP contribution in [0.25, 0.3) is 0 Å². The number of hydrogen-bond acceptors (Lipinski definition) is 4. The predicted molar refractivity (Wildman–Crippen MR) is 119 cm³/mol. The Morgan fingerprint density at radius 3 is 2.31 bits per heavy atom. The Morgan fingerprint density at radius 1 is 1.03 bits per heavy atom. The van der Waals surface area contributed by atoms with Gasteiger partial charge in [-0.3, -0.25) is 9.59 Å². The number of nitrogens with zero attached hydrogens (tertiary/aromatic N) is 1. The third-order valence-corrected chi connectivity index (χ3v) is 5.49. The molecule has 1 N–H and O–H groups in total. The number of rotatable bonds is 4. The maximum atomic E-state index is 13.9. The molecule has 0 bridgehead atoms. The molecule has 2 amide bonds. The fourth-order valence-electron chi connectivity index (χ4n) is 4.03. The van der Waals surface area contributed by atoms with Gasteiger partial charge in [0, 0.05) is 11.3 Å². The van der Waals surface area contributed by atoms with Gasteiger partial charge in [0.1, 0.15) is 29.4 Å². The summed E-state index contributed by atoms with van der Waals surface area (Å²) in [6.45, 7) is 1.74. The van der Waals surface area contributed by atoms with Crippen molar-refractivity contribution >= 4 is 17.5 Å². The van der Waals surface area contributed by atoms with E-state index < -0.39 is 11.9 Å². The van der Waals surface area contributed by atoms with Gasteiger partial charge < -0.3 is 19.7 Å². The number of halogens is 1. The molecular formula is C25H23FN2O4. The van der Waals surface area contributed by atoms with Crippen molar-refractivity contribution in [1.82, 2.24) is 4.90 Å². The smallest absolute Gasteiger partial charge is 0.262 e. The fourth-order valence-corrected chi connectivity index (χ4v) is 4.03. The summed E-state index contributed by atoms with van der Waals surface area (Å²) in [5.41, 5.74) is 3.21. The Bertz CT molecular complexity index is 1150. The second-order valence-electron chi connectivity index (χ2n) is 7.56.